The van der Waals surface area contributed by atoms with Crippen LogP contribution in [0, 0.1) is 25.7 Å². The molecule has 3 heteroatoms. The van der Waals surface area contributed by atoms with Crippen LogP contribution in [0.2, 0.25) is 0 Å². The van der Waals surface area contributed by atoms with E-state index in [-0.39, 0.29) is 0 Å². The third-order valence-electron chi connectivity index (χ3n) is 1.67. The van der Waals surface area contributed by atoms with Gasteiger partial charge >= 0.3 is 0 Å². The molecule has 0 amide bonds. The average molecular weight is 174 g/mol. The molecule has 0 spiro atoms. The third kappa shape index (κ3) is 2.06. The van der Waals surface area contributed by atoms with Crippen LogP contribution < -0.4 is 5.73 Å². The molecule has 0 aliphatic carbocycles. The zero-order valence-corrected chi connectivity index (χ0v) is 7.59. The van der Waals surface area contributed by atoms with Gasteiger partial charge in [0.1, 0.15) is 5.82 Å². The van der Waals surface area contributed by atoms with Crippen molar-refractivity contribution >= 4 is 12.1 Å². The second-order valence-electron chi connectivity index (χ2n) is 2.71. The Morgan fingerprint density at radius 3 is 2.77 bits per heavy atom. The van der Waals surface area contributed by atoms with Crippen LogP contribution in [0.25, 0.3) is 0 Å². The minimum Gasteiger partial charge on any atom is -0.384 e. The monoisotopic (exact) mass is 174 g/mol. The molecule has 0 aliphatic heterocycles. The maximum Gasteiger partial charge on any atom is 0.193 e. The van der Waals surface area contributed by atoms with E-state index in [1.54, 1.807) is 6.07 Å². The maximum atomic E-state index is 10.0. The van der Waals surface area contributed by atoms with Crippen LogP contribution in [0.15, 0.2) is 6.07 Å². The number of nitrogens with two attached hydrogens (primary N) is 1. The summed E-state index contributed by atoms with van der Waals surface area (Å²) in [4.78, 5) is 14.1. The smallest absolute Gasteiger partial charge is 0.193 e. The summed E-state index contributed by atoms with van der Waals surface area (Å²) in [6.45, 7) is 3.71. The van der Waals surface area contributed by atoms with E-state index in [1.165, 1.54) is 0 Å². The molecule has 1 heterocycles. The molecule has 0 aromatic carbocycles. The fourth-order valence-corrected chi connectivity index (χ4v) is 1.15. The molecule has 0 saturated carbocycles. The number of carbonyl (C=O) groups is 1. The lowest BCUT2D eigenvalue weighted by Crippen LogP contribution is -1.97. The summed E-state index contributed by atoms with van der Waals surface area (Å²) in [5, 5.41) is 0. The van der Waals surface area contributed by atoms with Gasteiger partial charge in [0.25, 0.3) is 0 Å². The Bertz CT molecular complexity index is 376. The van der Waals surface area contributed by atoms with Crippen molar-refractivity contribution in [2.75, 3.05) is 5.73 Å². The number of rotatable bonds is 0. The first-order valence-corrected chi connectivity index (χ1v) is 3.84. The van der Waals surface area contributed by atoms with E-state index in [9.17, 15) is 4.79 Å². The number of hydrogen-bond acceptors (Lipinski definition) is 3. The Morgan fingerprint density at radius 1 is 1.54 bits per heavy atom. The molecule has 0 unspecified atom stereocenters. The van der Waals surface area contributed by atoms with Crippen LogP contribution in [0.3, 0.4) is 0 Å². The molecule has 13 heavy (non-hydrogen) atoms. The summed E-state index contributed by atoms with van der Waals surface area (Å²) < 4.78 is 0. The lowest BCUT2D eigenvalue weighted by molar-refractivity contribution is -0.103. The molecule has 0 fully saturated rings. The molecular weight excluding hydrogens is 164 g/mol. The highest BCUT2D eigenvalue weighted by Crippen LogP contribution is 2.12. The molecule has 1 aromatic rings. The van der Waals surface area contributed by atoms with Crippen LogP contribution in [-0.4, -0.2) is 11.3 Å². The Morgan fingerprint density at radius 2 is 2.23 bits per heavy atom. The van der Waals surface area contributed by atoms with Gasteiger partial charge in [0, 0.05) is 5.56 Å². The second-order valence-corrected chi connectivity index (χ2v) is 2.71. The number of aryl methyl sites for hydroxylation is 2. The van der Waals surface area contributed by atoms with E-state index < -0.39 is 0 Å². The Balaban J connectivity index is 3.28. The van der Waals surface area contributed by atoms with Gasteiger partial charge in [-0.05, 0) is 31.4 Å². The van der Waals surface area contributed by atoms with Crippen LogP contribution in [0.5, 0.6) is 0 Å². The van der Waals surface area contributed by atoms with E-state index in [4.69, 9.17) is 5.73 Å². The Kier molecular flexibility index (Phi) is 2.65. The Labute approximate surface area is 77.0 Å². The number of anilines is 1. The molecule has 0 bridgehead atoms. The van der Waals surface area contributed by atoms with Crippen molar-refractivity contribution in [3.05, 3.63) is 22.9 Å². The topological polar surface area (TPSA) is 56.0 Å². The van der Waals surface area contributed by atoms with Crippen LogP contribution in [-0.2, 0) is 4.79 Å². The first-order valence-electron chi connectivity index (χ1n) is 3.84. The van der Waals surface area contributed by atoms with E-state index in [2.05, 4.69) is 16.8 Å². The first kappa shape index (κ1) is 9.27. The average Bonchev–Trinajstić information content (AvgIpc) is 2.02. The highest BCUT2D eigenvalue weighted by atomic mass is 16.1. The van der Waals surface area contributed by atoms with Crippen LogP contribution in [0.4, 0.5) is 5.82 Å². The molecule has 2 N–H and O–H groups in total. The number of hydrogen-bond donors (Lipinski definition) is 1. The van der Waals surface area contributed by atoms with Crippen molar-refractivity contribution in [3.63, 3.8) is 0 Å². The normalized spacial score (nSPS) is 8.77. The third-order valence-corrected chi connectivity index (χ3v) is 1.67. The number of nitrogen functional groups attached to an aromatic ring is 1. The van der Waals surface area contributed by atoms with Crippen molar-refractivity contribution in [2.45, 2.75) is 13.8 Å². The van der Waals surface area contributed by atoms with Crippen molar-refractivity contribution in [3.8, 4) is 11.8 Å². The van der Waals surface area contributed by atoms with Crippen molar-refractivity contribution in [1.82, 2.24) is 4.98 Å². The van der Waals surface area contributed by atoms with Crippen molar-refractivity contribution in [2.24, 2.45) is 0 Å². The van der Waals surface area contributed by atoms with Gasteiger partial charge in [-0.1, -0.05) is 5.92 Å². The zero-order chi connectivity index (χ0) is 9.84. The zero-order valence-electron chi connectivity index (χ0n) is 7.59. The molecule has 1 aromatic heterocycles. The summed E-state index contributed by atoms with van der Waals surface area (Å²) in [6, 6.07) is 1.74. The fraction of sp³-hybridized carbons (Fsp3) is 0.200. The van der Waals surface area contributed by atoms with E-state index in [0.29, 0.717) is 12.1 Å². The van der Waals surface area contributed by atoms with Gasteiger partial charge < -0.3 is 5.73 Å². The van der Waals surface area contributed by atoms with Crippen molar-refractivity contribution in [1.29, 1.82) is 0 Å². The number of pyridine rings is 1. The lowest BCUT2D eigenvalue weighted by atomic mass is 10.1. The van der Waals surface area contributed by atoms with Gasteiger partial charge in [-0.25, -0.2) is 4.98 Å². The maximum absolute atomic E-state index is 10.0. The minimum absolute atomic E-state index is 0.478. The summed E-state index contributed by atoms with van der Waals surface area (Å²) in [5.74, 6) is 5.55. The quantitative estimate of drug-likeness (QED) is 0.468. The number of aldehydes is 1. The summed E-state index contributed by atoms with van der Waals surface area (Å²) in [6.07, 6.45) is 0.565. The molecule has 66 valence electrons. The summed E-state index contributed by atoms with van der Waals surface area (Å²) >= 11 is 0. The first-order chi connectivity index (χ1) is 6.15. The molecule has 0 saturated heterocycles. The highest BCUT2D eigenvalue weighted by Gasteiger charge is 2.01. The van der Waals surface area contributed by atoms with E-state index in [1.807, 2.05) is 13.8 Å². The minimum atomic E-state index is 0.478. The largest absolute Gasteiger partial charge is 0.384 e. The SMILES string of the molecule is Cc1cc(N)nc(C)c1C#CC=O. The van der Waals surface area contributed by atoms with Gasteiger partial charge in [-0.3, -0.25) is 4.79 Å². The Hall–Kier alpha value is -1.82. The molecule has 0 radical (unpaired) electrons. The van der Waals surface area contributed by atoms with Crippen LogP contribution in [0.1, 0.15) is 16.8 Å². The van der Waals surface area contributed by atoms with Gasteiger partial charge in [-0.15, -0.1) is 0 Å². The molecule has 0 atom stereocenters. The number of nitrogens with zero attached hydrogens (tertiary/aromatic N) is 1. The van der Waals surface area contributed by atoms with E-state index in [0.717, 1.165) is 16.8 Å². The lowest BCUT2D eigenvalue weighted by Gasteiger charge is -2.02. The predicted molar refractivity (Wildman–Crippen MR) is 51.1 cm³/mol. The van der Waals surface area contributed by atoms with Gasteiger partial charge in [-0.2, -0.15) is 0 Å². The van der Waals surface area contributed by atoms with E-state index >= 15 is 0 Å². The molecular formula is C10H10N2O. The van der Waals surface area contributed by atoms with Crippen molar-refractivity contribution < 1.29 is 4.79 Å². The number of carbonyl (C=O) groups excluding carboxylic acids is 1. The number of aromatic nitrogens is 1. The molecule has 1 rings (SSSR count). The van der Waals surface area contributed by atoms with Crippen LogP contribution >= 0.6 is 0 Å². The summed E-state index contributed by atoms with van der Waals surface area (Å²) in [7, 11) is 0. The molecule has 3 nitrogen and oxygen atoms in total. The molecule has 0 aliphatic rings. The second kappa shape index (κ2) is 3.72. The van der Waals surface area contributed by atoms with Gasteiger partial charge in [0.05, 0.1) is 5.69 Å². The fourth-order valence-electron chi connectivity index (χ4n) is 1.15. The van der Waals surface area contributed by atoms with Gasteiger partial charge in [0.2, 0.25) is 0 Å². The predicted octanol–water partition coefficient (Wildman–Crippen LogP) is 0.831. The highest BCUT2D eigenvalue weighted by molar-refractivity contribution is 5.74. The standard InChI is InChI=1S/C10H10N2O/c1-7-6-10(11)12-8(2)9(7)4-3-5-13/h5-6H,1-2H3,(H2,11,12). The van der Waals surface area contributed by atoms with Gasteiger partial charge in [0.15, 0.2) is 6.29 Å². The summed E-state index contributed by atoms with van der Waals surface area (Å²) in [5.41, 5.74) is 8.01.